The maximum Gasteiger partial charge on any atom is 0.205 e. The zero-order valence-corrected chi connectivity index (χ0v) is 29.0. The molecule has 2 atom stereocenters. The van der Waals surface area contributed by atoms with E-state index >= 15 is 4.57 Å². The highest BCUT2D eigenvalue weighted by atomic mass is 31.2. The molecule has 0 aliphatic heterocycles. The van der Waals surface area contributed by atoms with Crippen LogP contribution in [0.3, 0.4) is 0 Å². The molecule has 0 spiro atoms. The Labute approximate surface area is 280 Å². The zero-order valence-electron chi connectivity index (χ0n) is 27.1. The third kappa shape index (κ3) is 6.89. The summed E-state index contributed by atoms with van der Waals surface area (Å²) in [5.74, 6) is 0.775. The fourth-order valence-corrected chi connectivity index (χ4v) is 12.0. The second kappa shape index (κ2) is 14.4. The molecule has 0 aliphatic carbocycles. The summed E-state index contributed by atoms with van der Waals surface area (Å²) >= 11 is 0. The number of nitrogens with one attached hydrogen (secondary N) is 1. The van der Waals surface area contributed by atoms with Gasteiger partial charge in [-0.15, -0.1) is 0 Å². The lowest BCUT2D eigenvalue weighted by atomic mass is 9.93. The molecule has 0 saturated heterocycles. The molecule has 0 heterocycles. The van der Waals surface area contributed by atoms with Crippen molar-refractivity contribution < 1.29 is 9.30 Å². The zero-order chi connectivity index (χ0) is 32.7. The van der Waals surface area contributed by atoms with Gasteiger partial charge in [0.05, 0.1) is 19.2 Å². The highest BCUT2D eigenvalue weighted by molar-refractivity contribution is 7.76. The van der Waals surface area contributed by atoms with Gasteiger partial charge in [0, 0.05) is 16.3 Å². The Morgan fingerprint density at radius 3 is 1.51 bits per heavy atom. The van der Waals surface area contributed by atoms with E-state index in [0.29, 0.717) is 0 Å². The van der Waals surface area contributed by atoms with Gasteiger partial charge in [-0.05, 0) is 77.9 Å². The summed E-state index contributed by atoms with van der Waals surface area (Å²) in [4.78, 5) is 0. The van der Waals surface area contributed by atoms with E-state index in [2.05, 4.69) is 126 Å². The first-order chi connectivity index (χ1) is 22.9. The number of methoxy groups -OCH3 is 1. The van der Waals surface area contributed by atoms with Gasteiger partial charge < -0.3 is 9.30 Å². The van der Waals surface area contributed by atoms with Crippen LogP contribution in [0.25, 0.3) is 0 Å². The average Bonchev–Trinajstić information content (AvgIpc) is 3.14. The normalized spacial score (nSPS) is 13.0. The molecule has 4 nitrogen and oxygen atoms in total. The molecule has 0 radical (unpaired) electrons. The second-order valence-corrected chi connectivity index (χ2v) is 18.8. The van der Waals surface area contributed by atoms with Crippen molar-refractivity contribution in [3.05, 3.63) is 187 Å². The van der Waals surface area contributed by atoms with E-state index in [1.807, 2.05) is 72.8 Å². The van der Waals surface area contributed by atoms with Crippen molar-refractivity contribution in [1.29, 1.82) is 0 Å². The highest BCUT2D eigenvalue weighted by Crippen LogP contribution is 2.48. The molecular formula is C41H41N2O2PSi. The Bertz CT molecular complexity index is 1850. The number of hydrogen-bond donors (Lipinski definition) is 1. The quantitative estimate of drug-likeness (QED) is 0.106. The van der Waals surface area contributed by atoms with E-state index in [1.54, 1.807) is 7.11 Å². The average molecular weight is 653 g/mol. The van der Waals surface area contributed by atoms with Crippen molar-refractivity contribution in [2.24, 2.45) is 0 Å². The summed E-state index contributed by atoms with van der Waals surface area (Å²) in [5.41, 5.74) is 3.27. The van der Waals surface area contributed by atoms with Gasteiger partial charge in [-0.1, -0.05) is 127 Å². The van der Waals surface area contributed by atoms with E-state index in [4.69, 9.17) is 4.74 Å². The molecule has 0 fully saturated rings. The lowest BCUT2D eigenvalue weighted by molar-refractivity contribution is 0.414. The van der Waals surface area contributed by atoms with E-state index in [9.17, 15) is 0 Å². The summed E-state index contributed by atoms with van der Waals surface area (Å²) in [6, 6.07) is 59.4. The number of rotatable bonds is 12. The fraction of sp³-hybridized carbons (Fsp3) is 0.122. The molecule has 0 bridgehead atoms. The molecule has 236 valence electrons. The SMILES string of the molecule is COc1ccc(C(NP(=O)(c2ccccc2)c2ccccc2)C(c2ccccc2)N(c2ccccc2)[Si](C)(C)c2ccccc2)cc1. The lowest BCUT2D eigenvalue weighted by Gasteiger charge is -2.48. The number of anilines is 1. The summed E-state index contributed by atoms with van der Waals surface area (Å²) in [5, 5.41) is 6.73. The summed E-state index contributed by atoms with van der Waals surface area (Å²) in [6.45, 7) is 4.81. The molecule has 0 saturated carbocycles. The van der Waals surface area contributed by atoms with Crippen molar-refractivity contribution in [2.75, 3.05) is 11.7 Å². The molecule has 0 aromatic heterocycles. The minimum absolute atomic E-state index is 0.241. The maximum absolute atomic E-state index is 15.8. The molecule has 47 heavy (non-hydrogen) atoms. The van der Waals surface area contributed by atoms with Gasteiger partial charge in [0.15, 0.2) is 8.24 Å². The smallest absolute Gasteiger partial charge is 0.205 e. The van der Waals surface area contributed by atoms with Crippen LogP contribution in [-0.2, 0) is 4.57 Å². The molecule has 1 N–H and O–H groups in total. The fourth-order valence-electron chi connectivity index (χ4n) is 6.45. The van der Waals surface area contributed by atoms with Crippen molar-refractivity contribution in [2.45, 2.75) is 25.2 Å². The predicted molar refractivity (Wildman–Crippen MR) is 200 cm³/mol. The van der Waals surface area contributed by atoms with Crippen molar-refractivity contribution in [3.63, 3.8) is 0 Å². The summed E-state index contributed by atoms with van der Waals surface area (Å²) in [6.07, 6.45) is 0. The lowest BCUT2D eigenvalue weighted by Crippen LogP contribution is -2.61. The Balaban J connectivity index is 1.64. The maximum atomic E-state index is 15.8. The minimum atomic E-state index is -3.39. The first-order valence-corrected chi connectivity index (χ1v) is 20.6. The first-order valence-electron chi connectivity index (χ1n) is 16.0. The van der Waals surface area contributed by atoms with Crippen LogP contribution in [0.4, 0.5) is 5.69 Å². The van der Waals surface area contributed by atoms with Gasteiger partial charge in [-0.3, -0.25) is 9.65 Å². The summed E-state index contributed by atoms with van der Waals surface area (Å²) < 4.78 is 24.0. The third-order valence-electron chi connectivity index (χ3n) is 8.89. The van der Waals surface area contributed by atoms with Crippen molar-refractivity contribution >= 4 is 37.0 Å². The van der Waals surface area contributed by atoms with E-state index in [0.717, 1.165) is 33.2 Å². The van der Waals surface area contributed by atoms with Crippen molar-refractivity contribution in [3.8, 4) is 5.75 Å². The van der Waals surface area contributed by atoms with Gasteiger partial charge in [0.1, 0.15) is 5.75 Å². The molecule has 6 heteroatoms. The predicted octanol–water partition coefficient (Wildman–Crippen LogP) is 8.62. The largest absolute Gasteiger partial charge is 0.497 e. The molecule has 6 aromatic carbocycles. The monoisotopic (exact) mass is 652 g/mol. The Hall–Kier alpha value is -4.67. The molecule has 0 aliphatic rings. The van der Waals surface area contributed by atoms with Crippen LogP contribution < -0.4 is 30.2 Å². The summed E-state index contributed by atoms with van der Waals surface area (Å²) in [7, 11) is -4.17. The number of benzene rings is 6. The number of para-hydroxylation sites is 1. The Kier molecular flexibility index (Phi) is 9.89. The Morgan fingerprint density at radius 1 is 0.574 bits per heavy atom. The Morgan fingerprint density at radius 2 is 1.02 bits per heavy atom. The highest BCUT2D eigenvalue weighted by Gasteiger charge is 2.43. The van der Waals surface area contributed by atoms with E-state index in [-0.39, 0.29) is 6.04 Å². The van der Waals surface area contributed by atoms with Crippen LogP contribution >= 0.6 is 7.29 Å². The second-order valence-electron chi connectivity index (χ2n) is 12.1. The number of hydrogen-bond acceptors (Lipinski definition) is 3. The van der Waals surface area contributed by atoms with Crippen LogP contribution in [-0.4, -0.2) is 15.3 Å². The molecule has 2 unspecified atom stereocenters. The van der Waals surface area contributed by atoms with Crippen LogP contribution in [0, 0.1) is 0 Å². The number of nitrogens with zero attached hydrogens (tertiary/aromatic N) is 1. The van der Waals surface area contributed by atoms with Gasteiger partial charge in [0.25, 0.3) is 0 Å². The standard InChI is InChI=1S/C41H41N2O2PSi/c1-45-36-31-29-33(30-32-36)40(42-46(44,37-23-13-6-14-24-37)38-25-15-7-16-26-38)41(34-19-9-4-10-20-34)43(35-21-11-5-12-22-35)47(2,3)39-27-17-8-18-28-39/h4-32,40-41H,1-3H3,(H,42,44). The third-order valence-corrected chi connectivity index (χ3v) is 15.1. The van der Waals surface area contributed by atoms with Gasteiger partial charge in [-0.25, -0.2) is 0 Å². The number of ether oxygens (including phenoxy) is 1. The molecule has 0 amide bonds. The van der Waals surface area contributed by atoms with Crippen LogP contribution in [0.5, 0.6) is 5.75 Å². The molecule has 6 rings (SSSR count). The van der Waals surface area contributed by atoms with Crippen molar-refractivity contribution in [1.82, 2.24) is 5.09 Å². The van der Waals surface area contributed by atoms with Gasteiger partial charge >= 0.3 is 0 Å². The topological polar surface area (TPSA) is 41.6 Å². The van der Waals surface area contributed by atoms with Crippen LogP contribution in [0.1, 0.15) is 23.2 Å². The minimum Gasteiger partial charge on any atom is -0.497 e. The molecule has 6 aromatic rings. The van der Waals surface area contributed by atoms with Crippen LogP contribution in [0.2, 0.25) is 13.1 Å². The van der Waals surface area contributed by atoms with Crippen LogP contribution in [0.15, 0.2) is 176 Å². The van der Waals surface area contributed by atoms with Gasteiger partial charge in [0.2, 0.25) is 7.29 Å². The van der Waals surface area contributed by atoms with E-state index < -0.39 is 21.6 Å². The van der Waals surface area contributed by atoms with Gasteiger partial charge in [-0.2, -0.15) is 0 Å². The molecular weight excluding hydrogens is 612 g/mol. The first kappa shape index (κ1) is 32.3. The van der Waals surface area contributed by atoms with E-state index in [1.165, 1.54) is 5.19 Å².